The average Bonchev–Trinajstić information content (AvgIpc) is 2.37. The van der Waals surface area contributed by atoms with Gasteiger partial charge in [-0.15, -0.1) is 0 Å². The third kappa shape index (κ3) is 4.24. The van der Waals surface area contributed by atoms with Gasteiger partial charge in [-0.2, -0.15) is 0 Å². The van der Waals surface area contributed by atoms with Gasteiger partial charge in [0.25, 0.3) is 6.43 Å². The van der Waals surface area contributed by atoms with E-state index in [0.717, 1.165) is 6.07 Å². The number of rotatable bonds is 5. The Labute approximate surface area is 109 Å². The number of allylic oxidation sites excluding steroid dienone is 2. The van der Waals surface area contributed by atoms with Gasteiger partial charge in [0.05, 0.1) is 6.21 Å². The quantitative estimate of drug-likeness (QED) is 0.468. The van der Waals surface area contributed by atoms with E-state index in [1.54, 1.807) is 20.0 Å². The van der Waals surface area contributed by atoms with Crippen LogP contribution >= 0.6 is 0 Å². The summed E-state index contributed by atoms with van der Waals surface area (Å²) in [6.07, 6.45) is 0.300. The first-order valence-corrected chi connectivity index (χ1v) is 5.55. The molecule has 4 nitrogen and oxygen atoms in total. The molecular formula is C13H14F2N2O2. The highest BCUT2D eigenvalue weighted by molar-refractivity contribution is 5.92. The van der Waals surface area contributed by atoms with Crippen LogP contribution in [0, 0.1) is 0 Å². The van der Waals surface area contributed by atoms with Crippen molar-refractivity contribution in [2.24, 2.45) is 4.99 Å². The monoisotopic (exact) mass is 268 g/mol. The molecule has 6 heteroatoms. The standard InChI is InChI=1S/C13H14F2N2O2/c1-4-9(7-16-3)19-10-5-11(8(2)18)17-12(6-10)13(14)15/h4-7,13H,1-3H3. The van der Waals surface area contributed by atoms with Crippen LogP contribution in [-0.4, -0.2) is 24.0 Å². The molecule has 0 N–H and O–H groups in total. The first-order valence-electron chi connectivity index (χ1n) is 5.55. The van der Waals surface area contributed by atoms with Crippen LogP contribution in [-0.2, 0) is 0 Å². The Hall–Kier alpha value is -2.11. The topological polar surface area (TPSA) is 51.5 Å². The Balaban J connectivity index is 3.16. The predicted molar refractivity (Wildman–Crippen MR) is 68.0 cm³/mol. The van der Waals surface area contributed by atoms with Gasteiger partial charge < -0.3 is 4.74 Å². The molecule has 0 spiro atoms. The van der Waals surface area contributed by atoms with Crippen molar-refractivity contribution >= 4 is 12.0 Å². The van der Waals surface area contributed by atoms with Crippen LogP contribution in [0.15, 0.2) is 29.0 Å². The number of pyridine rings is 1. The maximum atomic E-state index is 12.7. The molecule has 0 aliphatic rings. The number of carbonyl (C=O) groups is 1. The SMILES string of the molecule is CC=C(C=NC)Oc1cc(C(C)=O)nc(C(F)F)c1. The third-order valence-corrected chi connectivity index (χ3v) is 2.18. The van der Waals surface area contributed by atoms with Crippen molar-refractivity contribution in [2.45, 2.75) is 20.3 Å². The second kappa shape index (κ2) is 6.72. The molecule has 1 aromatic rings. The summed E-state index contributed by atoms with van der Waals surface area (Å²) in [5.74, 6) is 0.116. The number of alkyl halides is 2. The van der Waals surface area contributed by atoms with E-state index >= 15 is 0 Å². The number of ether oxygens (including phenoxy) is 1. The van der Waals surface area contributed by atoms with Crippen LogP contribution in [0.5, 0.6) is 5.75 Å². The van der Waals surface area contributed by atoms with Crippen LogP contribution in [0.3, 0.4) is 0 Å². The number of nitrogens with zero attached hydrogens (tertiary/aromatic N) is 2. The zero-order valence-electron chi connectivity index (χ0n) is 10.9. The van der Waals surface area contributed by atoms with E-state index < -0.39 is 17.9 Å². The van der Waals surface area contributed by atoms with Gasteiger partial charge in [0, 0.05) is 26.1 Å². The largest absolute Gasteiger partial charge is 0.456 e. The molecule has 0 radical (unpaired) electrons. The minimum atomic E-state index is -2.77. The zero-order valence-corrected chi connectivity index (χ0v) is 10.9. The number of carbonyl (C=O) groups excluding carboxylic acids is 1. The fourth-order valence-electron chi connectivity index (χ4n) is 1.30. The van der Waals surface area contributed by atoms with Crippen molar-refractivity contribution in [1.29, 1.82) is 0 Å². The second-order valence-corrected chi connectivity index (χ2v) is 3.65. The van der Waals surface area contributed by atoms with Gasteiger partial charge in [0.1, 0.15) is 22.9 Å². The maximum Gasteiger partial charge on any atom is 0.280 e. The number of aliphatic imine (C=N–C) groups is 1. The molecule has 0 amide bonds. The highest BCUT2D eigenvalue weighted by Gasteiger charge is 2.15. The highest BCUT2D eigenvalue weighted by Crippen LogP contribution is 2.24. The molecule has 0 unspecified atom stereocenters. The van der Waals surface area contributed by atoms with Gasteiger partial charge in [-0.25, -0.2) is 13.8 Å². The van der Waals surface area contributed by atoms with E-state index in [-0.39, 0.29) is 11.4 Å². The second-order valence-electron chi connectivity index (χ2n) is 3.65. The minimum Gasteiger partial charge on any atom is -0.456 e. The number of Topliss-reactive ketones (excluding diaryl/α,β-unsaturated/α-hetero) is 1. The summed E-state index contributed by atoms with van der Waals surface area (Å²) in [5, 5.41) is 0. The number of aromatic nitrogens is 1. The van der Waals surface area contributed by atoms with Gasteiger partial charge in [0.2, 0.25) is 0 Å². The molecular weight excluding hydrogens is 254 g/mol. The molecule has 1 heterocycles. The normalized spacial score (nSPS) is 12.2. The van der Waals surface area contributed by atoms with E-state index in [1.807, 2.05) is 0 Å². The summed E-state index contributed by atoms with van der Waals surface area (Å²) in [7, 11) is 1.56. The molecule has 1 rings (SSSR count). The molecule has 0 bridgehead atoms. The van der Waals surface area contributed by atoms with E-state index in [1.165, 1.54) is 19.2 Å². The average molecular weight is 268 g/mol. The van der Waals surface area contributed by atoms with Crippen LogP contribution in [0.1, 0.15) is 36.5 Å². The summed E-state index contributed by atoms with van der Waals surface area (Å²) in [6.45, 7) is 2.98. The van der Waals surface area contributed by atoms with Crippen molar-refractivity contribution in [2.75, 3.05) is 7.05 Å². The number of hydrogen-bond acceptors (Lipinski definition) is 4. The smallest absolute Gasteiger partial charge is 0.280 e. The minimum absolute atomic E-state index is 0.0586. The Kier molecular flexibility index (Phi) is 5.29. The van der Waals surface area contributed by atoms with Gasteiger partial charge in [-0.05, 0) is 13.0 Å². The molecule has 102 valence electrons. The fourth-order valence-corrected chi connectivity index (χ4v) is 1.30. The summed E-state index contributed by atoms with van der Waals surface area (Å²) in [5.41, 5.74) is -0.553. The first-order chi connectivity index (χ1) is 8.97. The first kappa shape index (κ1) is 14.9. The summed E-state index contributed by atoms with van der Waals surface area (Å²) in [4.78, 5) is 18.6. The van der Waals surface area contributed by atoms with Crippen molar-refractivity contribution in [3.05, 3.63) is 35.4 Å². The predicted octanol–water partition coefficient (Wildman–Crippen LogP) is 3.21. The molecule has 0 aliphatic carbocycles. The zero-order chi connectivity index (χ0) is 14.4. The van der Waals surface area contributed by atoms with Gasteiger partial charge in [-0.3, -0.25) is 9.79 Å². The lowest BCUT2D eigenvalue weighted by Crippen LogP contribution is -2.04. The Morgan fingerprint density at radius 2 is 2.16 bits per heavy atom. The Morgan fingerprint density at radius 1 is 1.47 bits per heavy atom. The summed E-state index contributed by atoms with van der Waals surface area (Å²) >= 11 is 0. The van der Waals surface area contributed by atoms with Crippen LogP contribution in [0.2, 0.25) is 0 Å². The number of hydrogen-bond donors (Lipinski definition) is 0. The molecule has 0 aliphatic heterocycles. The Morgan fingerprint density at radius 3 is 2.63 bits per heavy atom. The van der Waals surface area contributed by atoms with Crippen LogP contribution in [0.4, 0.5) is 8.78 Å². The Bertz CT molecular complexity index is 525. The van der Waals surface area contributed by atoms with Crippen molar-refractivity contribution in [1.82, 2.24) is 4.98 Å². The van der Waals surface area contributed by atoms with Crippen LogP contribution in [0.25, 0.3) is 0 Å². The van der Waals surface area contributed by atoms with Gasteiger partial charge in [-0.1, -0.05) is 0 Å². The van der Waals surface area contributed by atoms with E-state index in [4.69, 9.17) is 4.74 Å². The summed E-state index contributed by atoms with van der Waals surface area (Å²) in [6, 6.07) is 2.42. The fraction of sp³-hybridized carbons (Fsp3) is 0.308. The molecule has 0 saturated carbocycles. The van der Waals surface area contributed by atoms with E-state index in [2.05, 4.69) is 9.98 Å². The molecule has 0 aromatic carbocycles. The van der Waals surface area contributed by atoms with E-state index in [0.29, 0.717) is 5.76 Å². The van der Waals surface area contributed by atoms with Crippen LogP contribution < -0.4 is 4.74 Å². The molecule has 0 fully saturated rings. The van der Waals surface area contributed by atoms with Gasteiger partial charge in [0.15, 0.2) is 5.78 Å². The lowest BCUT2D eigenvalue weighted by Gasteiger charge is -2.09. The number of ketones is 1. The molecule has 0 atom stereocenters. The highest BCUT2D eigenvalue weighted by atomic mass is 19.3. The maximum absolute atomic E-state index is 12.7. The molecule has 0 saturated heterocycles. The summed E-state index contributed by atoms with van der Waals surface area (Å²) < 4.78 is 30.7. The lowest BCUT2D eigenvalue weighted by atomic mass is 10.2. The molecule has 19 heavy (non-hydrogen) atoms. The van der Waals surface area contributed by atoms with E-state index in [9.17, 15) is 13.6 Å². The van der Waals surface area contributed by atoms with Crippen molar-refractivity contribution in [3.8, 4) is 5.75 Å². The van der Waals surface area contributed by atoms with Crippen molar-refractivity contribution in [3.63, 3.8) is 0 Å². The molecule has 1 aromatic heterocycles. The lowest BCUT2D eigenvalue weighted by molar-refractivity contribution is 0.101. The number of halogens is 2. The van der Waals surface area contributed by atoms with Crippen molar-refractivity contribution < 1.29 is 18.3 Å². The third-order valence-electron chi connectivity index (χ3n) is 2.18. The van der Waals surface area contributed by atoms with Gasteiger partial charge >= 0.3 is 0 Å².